The first kappa shape index (κ1) is 13.6. The van der Waals surface area contributed by atoms with Crippen LogP contribution >= 0.6 is 0 Å². The summed E-state index contributed by atoms with van der Waals surface area (Å²) in [6, 6.07) is 5.82. The van der Waals surface area contributed by atoms with Gasteiger partial charge in [0.25, 0.3) is 0 Å². The summed E-state index contributed by atoms with van der Waals surface area (Å²) in [7, 11) is 0. The van der Waals surface area contributed by atoms with E-state index in [1.807, 2.05) is 6.92 Å². The minimum atomic E-state index is -0.973. The highest BCUT2D eigenvalue weighted by Crippen LogP contribution is 2.33. The summed E-state index contributed by atoms with van der Waals surface area (Å²) >= 11 is 0. The largest absolute Gasteiger partial charge is 0.481 e. The second-order valence-electron chi connectivity index (χ2n) is 4.48. The molecule has 0 aromatic heterocycles. The van der Waals surface area contributed by atoms with Gasteiger partial charge in [0.15, 0.2) is 0 Å². The molecule has 1 aromatic rings. The third-order valence-electron chi connectivity index (χ3n) is 3.27. The van der Waals surface area contributed by atoms with Gasteiger partial charge in [-0.1, -0.05) is 32.0 Å². The molecule has 1 aromatic carbocycles. The molecule has 0 aliphatic heterocycles. The third kappa shape index (κ3) is 2.82. The predicted molar refractivity (Wildman–Crippen MR) is 64.3 cm³/mol. The second kappa shape index (κ2) is 5.27. The topological polar surface area (TPSA) is 63.3 Å². The van der Waals surface area contributed by atoms with E-state index in [0.717, 1.165) is 0 Å². The molecule has 0 saturated carbocycles. The van der Waals surface area contributed by atoms with Crippen molar-refractivity contribution in [1.82, 2.24) is 0 Å². The standard InChI is InChI=1S/C13H18FNO2/c1-3-11(15)13(2,8-12(16)17)9-6-4-5-7-10(9)14/h4-7,11H,3,8,15H2,1-2H3,(H,16,17). The molecule has 0 saturated heterocycles. The van der Waals surface area contributed by atoms with Gasteiger partial charge in [0.1, 0.15) is 5.82 Å². The van der Waals surface area contributed by atoms with Crippen molar-refractivity contribution in [1.29, 1.82) is 0 Å². The lowest BCUT2D eigenvalue weighted by molar-refractivity contribution is -0.138. The zero-order valence-electron chi connectivity index (χ0n) is 10.1. The number of carbonyl (C=O) groups is 1. The molecule has 17 heavy (non-hydrogen) atoms. The van der Waals surface area contributed by atoms with Crippen LogP contribution in [0.2, 0.25) is 0 Å². The van der Waals surface area contributed by atoms with Crippen LogP contribution in [0.5, 0.6) is 0 Å². The first-order valence-corrected chi connectivity index (χ1v) is 5.64. The summed E-state index contributed by atoms with van der Waals surface area (Å²) in [5.74, 6) is -1.38. The number of carboxylic acid groups (broad SMARTS) is 1. The van der Waals surface area contributed by atoms with Crippen molar-refractivity contribution in [3.63, 3.8) is 0 Å². The van der Waals surface area contributed by atoms with E-state index in [9.17, 15) is 9.18 Å². The molecule has 2 unspecified atom stereocenters. The van der Waals surface area contributed by atoms with Gasteiger partial charge in [0.2, 0.25) is 0 Å². The highest BCUT2D eigenvalue weighted by molar-refractivity contribution is 5.69. The molecule has 4 heteroatoms. The number of aliphatic carboxylic acids is 1. The maximum atomic E-state index is 13.8. The van der Waals surface area contributed by atoms with E-state index in [4.69, 9.17) is 10.8 Å². The fraction of sp³-hybridized carbons (Fsp3) is 0.462. The monoisotopic (exact) mass is 239 g/mol. The smallest absolute Gasteiger partial charge is 0.304 e. The summed E-state index contributed by atoms with van der Waals surface area (Å²) in [5, 5.41) is 8.97. The van der Waals surface area contributed by atoms with E-state index in [-0.39, 0.29) is 6.42 Å². The number of benzene rings is 1. The highest BCUT2D eigenvalue weighted by Gasteiger charge is 2.37. The summed E-state index contributed by atoms with van der Waals surface area (Å²) in [4.78, 5) is 10.9. The number of rotatable bonds is 5. The van der Waals surface area contributed by atoms with Gasteiger partial charge in [0.05, 0.1) is 6.42 Å². The lowest BCUT2D eigenvalue weighted by Crippen LogP contribution is -2.44. The Morgan fingerprint density at radius 1 is 1.53 bits per heavy atom. The van der Waals surface area contributed by atoms with Crippen LogP contribution in [0.3, 0.4) is 0 Å². The molecular weight excluding hydrogens is 221 g/mol. The third-order valence-corrected chi connectivity index (χ3v) is 3.27. The molecule has 0 amide bonds. The first-order chi connectivity index (χ1) is 7.91. The minimum absolute atomic E-state index is 0.178. The molecule has 0 bridgehead atoms. The predicted octanol–water partition coefficient (Wildman–Crippen LogP) is 2.30. The lowest BCUT2D eigenvalue weighted by atomic mass is 9.72. The number of hydrogen-bond donors (Lipinski definition) is 2. The summed E-state index contributed by atoms with van der Waals surface area (Å²) < 4.78 is 13.8. The molecule has 3 N–H and O–H groups in total. The van der Waals surface area contributed by atoms with Crippen molar-refractivity contribution in [3.05, 3.63) is 35.6 Å². The maximum absolute atomic E-state index is 13.8. The van der Waals surface area contributed by atoms with Gasteiger partial charge < -0.3 is 10.8 Å². The molecule has 0 fully saturated rings. The van der Waals surface area contributed by atoms with Crippen molar-refractivity contribution in [2.24, 2.45) is 5.73 Å². The molecule has 3 nitrogen and oxygen atoms in total. The Balaban J connectivity index is 3.23. The van der Waals surface area contributed by atoms with Crippen LogP contribution < -0.4 is 5.73 Å². The number of nitrogens with two attached hydrogens (primary N) is 1. The van der Waals surface area contributed by atoms with Gasteiger partial charge in [-0.15, -0.1) is 0 Å². The van der Waals surface area contributed by atoms with Gasteiger partial charge in [-0.25, -0.2) is 4.39 Å². The molecule has 0 spiro atoms. The van der Waals surface area contributed by atoms with E-state index in [0.29, 0.717) is 12.0 Å². The Morgan fingerprint density at radius 3 is 2.59 bits per heavy atom. The average molecular weight is 239 g/mol. The Bertz CT molecular complexity index is 408. The van der Waals surface area contributed by atoms with E-state index in [1.165, 1.54) is 6.07 Å². The Hall–Kier alpha value is -1.42. The van der Waals surface area contributed by atoms with Crippen LogP contribution in [-0.2, 0) is 10.2 Å². The average Bonchev–Trinajstić information content (AvgIpc) is 2.27. The van der Waals surface area contributed by atoms with Crippen LogP contribution in [-0.4, -0.2) is 17.1 Å². The van der Waals surface area contributed by atoms with E-state index in [1.54, 1.807) is 25.1 Å². The number of hydrogen-bond acceptors (Lipinski definition) is 2. The van der Waals surface area contributed by atoms with Crippen LogP contribution in [0.15, 0.2) is 24.3 Å². The quantitative estimate of drug-likeness (QED) is 0.828. The van der Waals surface area contributed by atoms with Crippen molar-refractivity contribution in [2.45, 2.75) is 38.1 Å². The van der Waals surface area contributed by atoms with Crippen LogP contribution in [0, 0.1) is 5.82 Å². The number of halogens is 1. The van der Waals surface area contributed by atoms with Crippen LogP contribution in [0.25, 0.3) is 0 Å². The Morgan fingerprint density at radius 2 is 2.12 bits per heavy atom. The second-order valence-corrected chi connectivity index (χ2v) is 4.48. The van der Waals surface area contributed by atoms with Gasteiger partial charge in [-0.05, 0) is 18.1 Å². The normalized spacial score (nSPS) is 16.2. The van der Waals surface area contributed by atoms with Gasteiger partial charge >= 0.3 is 5.97 Å². The molecule has 0 aliphatic rings. The van der Waals surface area contributed by atoms with E-state index < -0.39 is 23.2 Å². The molecule has 2 atom stereocenters. The lowest BCUT2D eigenvalue weighted by Gasteiger charge is -2.34. The summed E-state index contributed by atoms with van der Waals surface area (Å²) in [6.07, 6.45) is 0.418. The van der Waals surface area contributed by atoms with Crippen molar-refractivity contribution in [3.8, 4) is 0 Å². The summed E-state index contributed by atoms with van der Waals surface area (Å²) in [6.45, 7) is 3.57. The summed E-state index contributed by atoms with van der Waals surface area (Å²) in [5.41, 5.74) is 5.46. The fourth-order valence-electron chi connectivity index (χ4n) is 2.12. The Kier molecular flexibility index (Phi) is 4.23. The zero-order chi connectivity index (χ0) is 13.1. The van der Waals surface area contributed by atoms with Crippen LogP contribution in [0.4, 0.5) is 4.39 Å². The molecule has 0 radical (unpaired) electrons. The minimum Gasteiger partial charge on any atom is -0.481 e. The van der Waals surface area contributed by atoms with Crippen molar-refractivity contribution < 1.29 is 14.3 Å². The Labute approximate surface area is 100 Å². The van der Waals surface area contributed by atoms with E-state index >= 15 is 0 Å². The maximum Gasteiger partial charge on any atom is 0.304 e. The van der Waals surface area contributed by atoms with Gasteiger partial charge in [-0.3, -0.25) is 4.79 Å². The fourth-order valence-corrected chi connectivity index (χ4v) is 2.12. The van der Waals surface area contributed by atoms with Gasteiger partial charge in [-0.2, -0.15) is 0 Å². The van der Waals surface area contributed by atoms with Crippen LogP contribution in [0.1, 0.15) is 32.3 Å². The molecule has 0 aliphatic carbocycles. The van der Waals surface area contributed by atoms with E-state index in [2.05, 4.69) is 0 Å². The van der Waals surface area contributed by atoms with Crippen molar-refractivity contribution >= 4 is 5.97 Å². The SMILES string of the molecule is CCC(N)C(C)(CC(=O)O)c1ccccc1F. The number of carboxylic acids is 1. The van der Waals surface area contributed by atoms with Crippen molar-refractivity contribution in [2.75, 3.05) is 0 Å². The molecule has 1 rings (SSSR count). The molecular formula is C13H18FNO2. The van der Waals surface area contributed by atoms with Gasteiger partial charge in [0, 0.05) is 11.5 Å². The molecule has 0 heterocycles. The molecule has 94 valence electrons. The highest BCUT2D eigenvalue weighted by atomic mass is 19.1. The first-order valence-electron chi connectivity index (χ1n) is 5.64. The zero-order valence-corrected chi connectivity index (χ0v) is 10.1.